The second-order valence-corrected chi connectivity index (χ2v) is 13.7. The molecular formula is C36H39Cl2N7O4. The van der Waals surface area contributed by atoms with E-state index in [1.54, 1.807) is 35.6 Å². The van der Waals surface area contributed by atoms with E-state index in [0.717, 1.165) is 49.0 Å². The van der Waals surface area contributed by atoms with Gasteiger partial charge < -0.3 is 28.6 Å². The number of halogens is 2. The molecule has 0 amide bonds. The molecule has 0 radical (unpaired) electrons. The number of benzene rings is 3. The van der Waals surface area contributed by atoms with Gasteiger partial charge in [0.05, 0.1) is 30.2 Å². The zero-order valence-electron chi connectivity index (χ0n) is 27.5. The number of nitrogens with zero attached hydrogens (tertiary/aromatic N) is 7. The Hall–Kier alpha value is -4.29. The standard InChI is InChI=1S/C36H39Cl2N7O4/c1-26(2)20-45-35(46)44(25-40-45)30-6-4-28(5-7-30)42-15-17-43(18-16-42)29-8-10-31(11-9-29)47-21-32-22-48-36(49-32,23-41-14-13-39-24-41)33-12-3-27(37)19-34(33)38/h3-14,19,24-26,32H,15-18,20-23H2,1-2H3/t32-,36?/m1/s1. The van der Waals surface area contributed by atoms with E-state index in [9.17, 15) is 4.79 Å². The van der Waals surface area contributed by atoms with Crippen molar-refractivity contribution in [3.63, 3.8) is 0 Å². The average Bonchev–Trinajstić information content (AvgIpc) is 3.86. The van der Waals surface area contributed by atoms with Crippen molar-refractivity contribution in [1.29, 1.82) is 0 Å². The number of anilines is 2. The van der Waals surface area contributed by atoms with Crippen LogP contribution in [0, 0.1) is 5.92 Å². The molecule has 2 fully saturated rings. The van der Waals surface area contributed by atoms with E-state index in [2.05, 4.69) is 58.0 Å². The summed E-state index contributed by atoms with van der Waals surface area (Å²) in [5.74, 6) is 0.0159. The van der Waals surface area contributed by atoms with Gasteiger partial charge in [-0.3, -0.25) is 0 Å². The monoisotopic (exact) mass is 703 g/mol. The van der Waals surface area contributed by atoms with Gasteiger partial charge in [-0.15, -0.1) is 0 Å². The second-order valence-electron chi connectivity index (χ2n) is 12.8. The molecule has 13 heteroatoms. The number of hydrogen-bond acceptors (Lipinski definition) is 8. The first kappa shape index (κ1) is 33.2. The van der Waals surface area contributed by atoms with Crippen molar-refractivity contribution in [3.05, 3.63) is 118 Å². The van der Waals surface area contributed by atoms with E-state index >= 15 is 0 Å². The normalized spacial score (nSPS) is 19.6. The van der Waals surface area contributed by atoms with Gasteiger partial charge in [-0.2, -0.15) is 5.10 Å². The van der Waals surface area contributed by atoms with Crippen molar-refractivity contribution in [2.45, 2.75) is 38.8 Å². The Morgan fingerprint density at radius 1 is 0.918 bits per heavy atom. The van der Waals surface area contributed by atoms with Crippen LogP contribution < -0.4 is 20.2 Å². The van der Waals surface area contributed by atoms with Crippen LogP contribution in [0.15, 0.2) is 96.6 Å². The Balaban J connectivity index is 0.922. The third-order valence-electron chi connectivity index (χ3n) is 8.83. The summed E-state index contributed by atoms with van der Waals surface area (Å²) in [5.41, 5.74) is 3.70. The average molecular weight is 705 g/mol. The molecule has 11 nitrogen and oxygen atoms in total. The zero-order chi connectivity index (χ0) is 34.0. The van der Waals surface area contributed by atoms with Crippen LogP contribution in [-0.2, 0) is 28.4 Å². The summed E-state index contributed by atoms with van der Waals surface area (Å²) in [4.78, 5) is 21.6. The number of imidazole rings is 1. The minimum atomic E-state index is -1.10. The minimum Gasteiger partial charge on any atom is -0.491 e. The van der Waals surface area contributed by atoms with Gasteiger partial charge in [0.2, 0.25) is 5.79 Å². The summed E-state index contributed by atoms with van der Waals surface area (Å²) in [5, 5.41) is 5.29. The second kappa shape index (κ2) is 14.3. The molecule has 5 aromatic rings. The van der Waals surface area contributed by atoms with Gasteiger partial charge in [0, 0.05) is 67.1 Å². The summed E-state index contributed by atoms with van der Waals surface area (Å²) in [6, 6.07) is 21.6. The van der Waals surface area contributed by atoms with Crippen LogP contribution in [0.1, 0.15) is 19.4 Å². The van der Waals surface area contributed by atoms with Crippen molar-refractivity contribution in [1.82, 2.24) is 23.9 Å². The predicted molar refractivity (Wildman–Crippen MR) is 190 cm³/mol. The van der Waals surface area contributed by atoms with Crippen LogP contribution >= 0.6 is 23.2 Å². The lowest BCUT2D eigenvalue weighted by atomic mass is 10.1. The maximum atomic E-state index is 12.7. The van der Waals surface area contributed by atoms with Crippen LogP contribution in [0.2, 0.25) is 10.0 Å². The van der Waals surface area contributed by atoms with Crippen LogP contribution in [-0.4, -0.2) is 69.4 Å². The molecule has 4 heterocycles. The van der Waals surface area contributed by atoms with Crippen LogP contribution in [0.4, 0.5) is 11.4 Å². The summed E-state index contributed by atoms with van der Waals surface area (Å²) in [6.45, 7) is 9.36. The lowest BCUT2D eigenvalue weighted by Crippen LogP contribution is -2.46. The molecule has 2 saturated heterocycles. The highest BCUT2D eigenvalue weighted by molar-refractivity contribution is 6.35. The molecule has 0 N–H and O–H groups in total. The van der Waals surface area contributed by atoms with Crippen molar-refractivity contribution in [2.75, 3.05) is 49.2 Å². The van der Waals surface area contributed by atoms with E-state index in [4.69, 9.17) is 37.4 Å². The van der Waals surface area contributed by atoms with Gasteiger partial charge in [-0.1, -0.05) is 43.1 Å². The Labute approximate surface area is 295 Å². The topological polar surface area (TPSA) is 91.8 Å². The minimum absolute atomic E-state index is 0.115. The third-order valence-corrected chi connectivity index (χ3v) is 9.38. The number of rotatable bonds is 11. The van der Waals surface area contributed by atoms with E-state index in [0.29, 0.717) is 47.8 Å². The molecule has 2 aromatic heterocycles. The highest BCUT2D eigenvalue weighted by Gasteiger charge is 2.45. The Kier molecular flexibility index (Phi) is 9.68. The lowest BCUT2D eigenvalue weighted by molar-refractivity contribution is -0.189. The third kappa shape index (κ3) is 7.35. The Morgan fingerprint density at radius 2 is 1.59 bits per heavy atom. The van der Waals surface area contributed by atoms with E-state index in [1.165, 1.54) is 4.68 Å². The zero-order valence-corrected chi connectivity index (χ0v) is 29.0. The molecule has 49 heavy (non-hydrogen) atoms. The van der Waals surface area contributed by atoms with E-state index in [1.807, 2.05) is 41.1 Å². The van der Waals surface area contributed by atoms with Gasteiger partial charge >= 0.3 is 5.69 Å². The van der Waals surface area contributed by atoms with Crippen molar-refractivity contribution >= 4 is 34.6 Å². The molecule has 2 aliphatic rings. The van der Waals surface area contributed by atoms with Gasteiger partial charge in [0.1, 0.15) is 24.8 Å². The number of ether oxygens (including phenoxy) is 3. The van der Waals surface area contributed by atoms with E-state index < -0.39 is 5.79 Å². The van der Waals surface area contributed by atoms with Gasteiger partial charge in [0.15, 0.2) is 0 Å². The lowest BCUT2D eigenvalue weighted by Gasteiger charge is -2.37. The molecule has 256 valence electrons. The fraction of sp³-hybridized carbons (Fsp3) is 0.361. The largest absolute Gasteiger partial charge is 0.491 e. The van der Waals surface area contributed by atoms with Crippen LogP contribution in [0.3, 0.4) is 0 Å². The molecule has 2 atom stereocenters. The molecule has 0 bridgehead atoms. The van der Waals surface area contributed by atoms with Crippen molar-refractivity contribution in [2.24, 2.45) is 5.92 Å². The number of hydrogen-bond donors (Lipinski definition) is 0. The van der Waals surface area contributed by atoms with Crippen LogP contribution in [0.5, 0.6) is 5.75 Å². The van der Waals surface area contributed by atoms with Crippen molar-refractivity contribution in [3.8, 4) is 11.4 Å². The van der Waals surface area contributed by atoms with E-state index in [-0.39, 0.29) is 11.8 Å². The van der Waals surface area contributed by atoms with Gasteiger partial charge in [-0.25, -0.2) is 19.0 Å². The first-order chi connectivity index (χ1) is 23.8. The van der Waals surface area contributed by atoms with Crippen LogP contribution in [0.25, 0.3) is 5.69 Å². The maximum absolute atomic E-state index is 12.7. The molecule has 3 aromatic carbocycles. The Bertz CT molecular complexity index is 1900. The fourth-order valence-corrected chi connectivity index (χ4v) is 6.90. The SMILES string of the molecule is CC(C)Cn1ncn(-c2ccc(N3CCN(c4ccc(OC[C@@H]5COC(Cn6ccnc6)(c6ccc(Cl)cc6Cl)O5)cc4)CC3)cc2)c1=O. The maximum Gasteiger partial charge on any atom is 0.350 e. The molecule has 1 unspecified atom stereocenters. The number of piperazine rings is 1. The fourth-order valence-electron chi connectivity index (χ4n) is 6.35. The van der Waals surface area contributed by atoms with Crippen molar-refractivity contribution < 1.29 is 14.2 Å². The summed E-state index contributed by atoms with van der Waals surface area (Å²) in [7, 11) is 0. The summed E-state index contributed by atoms with van der Waals surface area (Å²) < 4.78 is 24.0. The summed E-state index contributed by atoms with van der Waals surface area (Å²) >= 11 is 12.8. The summed E-state index contributed by atoms with van der Waals surface area (Å²) in [6.07, 6.45) is 6.58. The first-order valence-corrected chi connectivity index (χ1v) is 17.2. The molecule has 0 spiro atoms. The molecule has 2 aliphatic heterocycles. The molecular weight excluding hydrogens is 665 g/mol. The smallest absolute Gasteiger partial charge is 0.350 e. The highest BCUT2D eigenvalue weighted by Crippen LogP contribution is 2.40. The number of aromatic nitrogens is 5. The first-order valence-electron chi connectivity index (χ1n) is 16.5. The highest BCUT2D eigenvalue weighted by atomic mass is 35.5. The Morgan fingerprint density at radius 3 is 2.22 bits per heavy atom. The predicted octanol–water partition coefficient (Wildman–Crippen LogP) is 5.87. The molecule has 0 aliphatic carbocycles. The van der Waals surface area contributed by atoms with Gasteiger partial charge in [0.25, 0.3) is 0 Å². The molecule has 7 rings (SSSR count). The molecule has 0 saturated carbocycles. The quantitative estimate of drug-likeness (QED) is 0.169. The van der Waals surface area contributed by atoms with Gasteiger partial charge in [-0.05, 0) is 66.6 Å².